The number of benzene rings is 2. The van der Waals surface area contributed by atoms with E-state index in [0.717, 1.165) is 0 Å². The maximum Gasteiger partial charge on any atom is 0.262 e. The summed E-state index contributed by atoms with van der Waals surface area (Å²) in [7, 11) is 0. The van der Waals surface area contributed by atoms with Crippen molar-refractivity contribution < 1.29 is 14.3 Å². The molecule has 0 saturated heterocycles. The van der Waals surface area contributed by atoms with Gasteiger partial charge in [-0.1, -0.05) is 29.8 Å². The lowest BCUT2D eigenvalue weighted by Gasteiger charge is -2.13. The molecule has 7 heteroatoms. The molecular weight excluding hydrogens is 330 g/mol. The van der Waals surface area contributed by atoms with Gasteiger partial charge in [-0.3, -0.25) is 4.79 Å². The predicted molar refractivity (Wildman–Crippen MR) is 95.0 cm³/mol. The molecule has 3 N–H and O–H groups in total. The number of rotatable bonds is 7. The van der Waals surface area contributed by atoms with Crippen LogP contribution >= 0.6 is 11.6 Å². The van der Waals surface area contributed by atoms with E-state index in [-0.39, 0.29) is 12.5 Å². The third-order valence-electron chi connectivity index (χ3n) is 2.99. The third kappa shape index (κ3) is 4.89. The Labute approximate surface area is 145 Å². The fourth-order valence-electron chi connectivity index (χ4n) is 1.97. The minimum absolute atomic E-state index is 0.171. The minimum Gasteiger partial charge on any atom is -0.490 e. The van der Waals surface area contributed by atoms with Crippen LogP contribution in [0.25, 0.3) is 0 Å². The highest BCUT2D eigenvalue weighted by Crippen LogP contribution is 2.33. The standard InChI is InChI=1S/C17H18ClN3O3/c1-2-23-15-8-12(10-20-19)14(18)9-16(15)24-11-17(22)21-13-6-4-3-5-7-13/h3-10H,2,11,19H2,1H3,(H,21,22). The van der Waals surface area contributed by atoms with Crippen molar-refractivity contribution in [1.82, 2.24) is 0 Å². The van der Waals surface area contributed by atoms with Gasteiger partial charge >= 0.3 is 0 Å². The van der Waals surface area contributed by atoms with Crippen LogP contribution in [0.3, 0.4) is 0 Å². The molecule has 0 atom stereocenters. The van der Waals surface area contributed by atoms with Crippen molar-refractivity contribution in [3.8, 4) is 11.5 Å². The molecule has 24 heavy (non-hydrogen) atoms. The van der Waals surface area contributed by atoms with Crippen molar-refractivity contribution in [2.24, 2.45) is 10.9 Å². The van der Waals surface area contributed by atoms with Crippen molar-refractivity contribution in [3.05, 3.63) is 53.1 Å². The van der Waals surface area contributed by atoms with Gasteiger partial charge in [0.2, 0.25) is 0 Å². The summed E-state index contributed by atoms with van der Waals surface area (Å²) >= 11 is 6.14. The fraction of sp³-hybridized carbons (Fsp3) is 0.176. The number of hydrogen-bond acceptors (Lipinski definition) is 5. The van der Waals surface area contributed by atoms with E-state index in [1.165, 1.54) is 6.21 Å². The molecule has 0 heterocycles. The molecule has 0 aromatic heterocycles. The Hall–Kier alpha value is -2.73. The molecule has 0 bridgehead atoms. The molecular formula is C17H18ClN3O3. The number of anilines is 1. The monoisotopic (exact) mass is 347 g/mol. The molecule has 0 fully saturated rings. The normalized spacial score (nSPS) is 10.6. The van der Waals surface area contributed by atoms with Gasteiger partial charge in [-0.2, -0.15) is 5.10 Å². The van der Waals surface area contributed by atoms with E-state index >= 15 is 0 Å². The average molecular weight is 348 g/mol. The molecule has 6 nitrogen and oxygen atoms in total. The van der Waals surface area contributed by atoms with Crippen LogP contribution in [0, 0.1) is 0 Å². The quantitative estimate of drug-likeness (QED) is 0.458. The maximum atomic E-state index is 12.0. The number of nitrogens with zero attached hydrogens (tertiary/aromatic N) is 1. The van der Waals surface area contributed by atoms with E-state index in [0.29, 0.717) is 34.4 Å². The van der Waals surface area contributed by atoms with Crippen molar-refractivity contribution >= 4 is 29.4 Å². The molecule has 0 aliphatic heterocycles. The Bertz CT molecular complexity index is 721. The SMILES string of the molecule is CCOc1cc(C=NN)c(Cl)cc1OCC(=O)Nc1ccccc1. The minimum atomic E-state index is -0.285. The van der Waals surface area contributed by atoms with Crippen LogP contribution in [-0.4, -0.2) is 25.3 Å². The van der Waals surface area contributed by atoms with Gasteiger partial charge in [0, 0.05) is 17.3 Å². The molecule has 2 aromatic rings. The topological polar surface area (TPSA) is 85.9 Å². The highest BCUT2D eigenvalue weighted by atomic mass is 35.5. The first kappa shape index (κ1) is 17.6. The zero-order chi connectivity index (χ0) is 17.4. The van der Waals surface area contributed by atoms with Gasteiger partial charge in [0.1, 0.15) is 0 Å². The van der Waals surface area contributed by atoms with E-state index in [1.807, 2.05) is 25.1 Å². The summed E-state index contributed by atoms with van der Waals surface area (Å²) in [5.74, 6) is 5.70. The van der Waals surface area contributed by atoms with E-state index in [1.54, 1.807) is 24.3 Å². The molecule has 2 aromatic carbocycles. The van der Waals surface area contributed by atoms with Crippen LogP contribution in [0.1, 0.15) is 12.5 Å². The van der Waals surface area contributed by atoms with Crippen LogP contribution in [0.15, 0.2) is 47.6 Å². The number of ether oxygens (including phenoxy) is 2. The van der Waals surface area contributed by atoms with Crippen molar-refractivity contribution in [3.63, 3.8) is 0 Å². The predicted octanol–water partition coefficient (Wildman–Crippen LogP) is 3.05. The first-order chi connectivity index (χ1) is 11.6. The summed E-state index contributed by atoms with van der Waals surface area (Å²) in [6, 6.07) is 12.4. The fourth-order valence-corrected chi connectivity index (χ4v) is 2.18. The second-order valence-electron chi connectivity index (χ2n) is 4.73. The molecule has 1 amide bonds. The number of nitrogens with one attached hydrogen (secondary N) is 1. The van der Waals surface area contributed by atoms with E-state index < -0.39 is 0 Å². The third-order valence-corrected chi connectivity index (χ3v) is 3.32. The van der Waals surface area contributed by atoms with E-state index in [9.17, 15) is 4.79 Å². The number of hydrazone groups is 1. The number of carbonyl (C=O) groups excluding carboxylic acids is 1. The maximum absolute atomic E-state index is 12.0. The highest BCUT2D eigenvalue weighted by molar-refractivity contribution is 6.33. The van der Waals surface area contributed by atoms with Gasteiger partial charge < -0.3 is 20.6 Å². The number of carbonyl (C=O) groups is 1. The van der Waals surface area contributed by atoms with Crippen molar-refractivity contribution in [2.75, 3.05) is 18.5 Å². The Balaban J connectivity index is 2.07. The van der Waals surface area contributed by atoms with Crippen LogP contribution in [-0.2, 0) is 4.79 Å². The van der Waals surface area contributed by atoms with Crippen molar-refractivity contribution in [2.45, 2.75) is 6.92 Å². The largest absolute Gasteiger partial charge is 0.490 e. The Morgan fingerprint density at radius 2 is 1.96 bits per heavy atom. The molecule has 0 aliphatic rings. The van der Waals surface area contributed by atoms with Crippen LogP contribution in [0.2, 0.25) is 5.02 Å². The number of amides is 1. The zero-order valence-corrected chi connectivity index (χ0v) is 13.9. The summed E-state index contributed by atoms with van der Waals surface area (Å²) in [4.78, 5) is 12.0. The van der Waals surface area contributed by atoms with Crippen LogP contribution in [0.4, 0.5) is 5.69 Å². The second-order valence-corrected chi connectivity index (χ2v) is 5.14. The lowest BCUT2D eigenvalue weighted by Crippen LogP contribution is -2.20. The lowest BCUT2D eigenvalue weighted by atomic mass is 10.2. The van der Waals surface area contributed by atoms with E-state index in [4.69, 9.17) is 26.9 Å². The number of halogens is 1. The molecule has 0 spiro atoms. The Kier molecular flexibility index (Phi) is 6.45. The zero-order valence-electron chi connectivity index (χ0n) is 13.2. The lowest BCUT2D eigenvalue weighted by molar-refractivity contribution is -0.118. The van der Waals surface area contributed by atoms with Gasteiger partial charge in [-0.05, 0) is 25.1 Å². The van der Waals surface area contributed by atoms with Gasteiger partial charge in [0.15, 0.2) is 18.1 Å². The van der Waals surface area contributed by atoms with Gasteiger partial charge in [0.05, 0.1) is 17.8 Å². The second kappa shape index (κ2) is 8.79. The molecule has 126 valence electrons. The van der Waals surface area contributed by atoms with Crippen LogP contribution < -0.4 is 20.6 Å². The molecule has 0 saturated carbocycles. The van der Waals surface area contributed by atoms with Crippen LogP contribution in [0.5, 0.6) is 11.5 Å². The smallest absolute Gasteiger partial charge is 0.262 e. The highest BCUT2D eigenvalue weighted by Gasteiger charge is 2.12. The summed E-state index contributed by atoms with van der Waals surface area (Å²) < 4.78 is 11.1. The summed E-state index contributed by atoms with van der Waals surface area (Å²) in [5.41, 5.74) is 1.30. The first-order valence-electron chi connectivity index (χ1n) is 7.31. The molecule has 2 rings (SSSR count). The summed E-state index contributed by atoms with van der Waals surface area (Å²) in [6.07, 6.45) is 1.41. The molecule has 0 radical (unpaired) electrons. The number of hydrogen-bond donors (Lipinski definition) is 2. The van der Waals surface area contributed by atoms with Crippen molar-refractivity contribution in [1.29, 1.82) is 0 Å². The first-order valence-corrected chi connectivity index (χ1v) is 7.69. The average Bonchev–Trinajstić information content (AvgIpc) is 2.57. The number of para-hydroxylation sites is 1. The van der Waals surface area contributed by atoms with Gasteiger partial charge in [-0.25, -0.2) is 0 Å². The number of nitrogens with two attached hydrogens (primary N) is 1. The van der Waals surface area contributed by atoms with Gasteiger partial charge in [-0.15, -0.1) is 0 Å². The molecule has 0 aliphatic carbocycles. The Morgan fingerprint density at radius 1 is 1.25 bits per heavy atom. The molecule has 0 unspecified atom stereocenters. The summed E-state index contributed by atoms with van der Waals surface area (Å²) in [6.45, 7) is 2.11. The Morgan fingerprint density at radius 3 is 2.62 bits per heavy atom. The van der Waals surface area contributed by atoms with Gasteiger partial charge in [0.25, 0.3) is 5.91 Å². The summed E-state index contributed by atoms with van der Waals surface area (Å²) in [5, 5.41) is 6.58. The van der Waals surface area contributed by atoms with E-state index in [2.05, 4.69) is 10.4 Å².